The quantitative estimate of drug-likeness (QED) is 0.822. The van der Waals surface area contributed by atoms with Crippen LogP contribution in [0.25, 0.3) is 11.3 Å². The summed E-state index contributed by atoms with van der Waals surface area (Å²) in [6.45, 7) is -0.292. The van der Waals surface area contributed by atoms with Crippen LogP contribution >= 0.6 is 34.5 Å². The van der Waals surface area contributed by atoms with E-state index in [2.05, 4.69) is 10.3 Å². The molecule has 0 atom stereocenters. The molecule has 2 aromatic rings. The van der Waals surface area contributed by atoms with Crippen molar-refractivity contribution in [3.8, 4) is 11.3 Å². The summed E-state index contributed by atoms with van der Waals surface area (Å²) < 4.78 is 0. The second-order valence-electron chi connectivity index (χ2n) is 5.09. The van der Waals surface area contributed by atoms with Gasteiger partial charge in [0.1, 0.15) is 6.54 Å². The average Bonchev–Trinajstić information content (AvgIpc) is 3.12. The van der Waals surface area contributed by atoms with Gasteiger partial charge in [-0.15, -0.1) is 11.3 Å². The molecule has 1 saturated heterocycles. The number of carbonyl (C=O) groups excluding carboxylic acids is 3. The van der Waals surface area contributed by atoms with Crippen LogP contribution in [0.1, 0.15) is 12.8 Å². The highest BCUT2D eigenvalue weighted by atomic mass is 35.5. The van der Waals surface area contributed by atoms with E-state index in [1.165, 1.54) is 11.3 Å². The van der Waals surface area contributed by atoms with Crippen molar-refractivity contribution in [2.45, 2.75) is 12.8 Å². The number of thiazole rings is 1. The highest BCUT2D eigenvalue weighted by Gasteiger charge is 2.30. The fourth-order valence-electron chi connectivity index (χ4n) is 2.22. The molecule has 2 heterocycles. The molecule has 1 fully saturated rings. The molecule has 3 amide bonds. The average molecular weight is 384 g/mol. The predicted octanol–water partition coefficient (Wildman–Crippen LogP) is 3.20. The molecule has 1 N–H and O–H groups in total. The van der Waals surface area contributed by atoms with Crippen molar-refractivity contribution in [1.29, 1.82) is 0 Å². The van der Waals surface area contributed by atoms with Gasteiger partial charge >= 0.3 is 0 Å². The molecule has 0 aliphatic carbocycles. The third-order valence-electron chi connectivity index (χ3n) is 3.42. The van der Waals surface area contributed by atoms with Crippen molar-refractivity contribution in [3.05, 3.63) is 33.6 Å². The highest BCUT2D eigenvalue weighted by Crippen LogP contribution is 2.30. The van der Waals surface area contributed by atoms with Gasteiger partial charge in [0.05, 0.1) is 15.7 Å². The molecule has 1 aliphatic rings. The standard InChI is InChI=1S/C15H11Cl2N3O3S/c16-9-2-1-8(5-10(9)17)11-7-24-15(18-11)19-12(21)6-20-13(22)3-4-14(20)23/h1-2,5,7H,3-4,6H2,(H,18,19,21). The van der Waals surface area contributed by atoms with Crippen molar-refractivity contribution in [3.63, 3.8) is 0 Å². The number of imide groups is 1. The van der Waals surface area contributed by atoms with Crippen LogP contribution in [0.5, 0.6) is 0 Å². The summed E-state index contributed by atoms with van der Waals surface area (Å²) in [5.74, 6) is -1.12. The van der Waals surface area contributed by atoms with Crippen LogP contribution in [0, 0.1) is 0 Å². The highest BCUT2D eigenvalue weighted by molar-refractivity contribution is 7.14. The monoisotopic (exact) mass is 383 g/mol. The Morgan fingerprint density at radius 3 is 2.58 bits per heavy atom. The minimum Gasteiger partial charge on any atom is -0.300 e. The SMILES string of the molecule is O=C(CN1C(=O)CCC1=O)Nc1nc(-c2ccc(Cl)c(Cl)c2)cs1. The second-order valence-corrected chi connectivity index (χ2v) is 6.76. The van der Waals surface area contributed by atoms with E-state index in [-0.39, 0.29) is 31.2 Å². The van der Waals surface area contributed by atoms with Crippen LogP contribution in [0.2, 0.25) is 10.0 Å². The molecular weight excluding hydrogens is 373 g/mol. The van der Waals surface area contributed by atoms with Crippen molar-refractivity contribution < 1.29 is 14.4 Å². The maximum Gasteiger partial charge on any atom is 0.246 e. The Balaban J connectivity index is 1.67. The van der Waals surface area contributed by atoms with E-state index >= 15 is 0 Å². The van der Waals surface area contributed by atoms with Gasteiger partial charge in [0.25, 0.3) is 0 Å². The molecule has 0 spiro atoms. The zero-order valence-corrected chi connectivity index (χ0v) is 14.5. The topological polar surface area (TPSA) is 79.4 Å². The number of benzene rings is 1. The van der Waals surface area contributed by atoms with Crippen molar-refractivity contribution in [2.75, 3.05) is 11.9 Å². The number of hydrogen-bond acceptors (Lipinski definition) is 5. The van der Waals surface area contributed by atoms with Crippen LogP contribution in [-0.4, -0.2) is 34.2 Å². The zero-order valence-electron chi connectivity index (χ0n) is 12.2. The number of likely N-dealkylation sites (tertiary alicyclic amines) is 1. The summed E-state index contributed by atoms with van der Waals surface area (Å²) in [6.07, 6.45) is 0.315. The molecule has 0 saturated carbocycles. The number of aromatic nitrogens is 1. The van der Waals surface area contributed by atoms with Crippen molar-refractivity contribution >= 4 is 57.4 Å². The third-order valence-corrected chi connectivity index (χ3v) is 4.92. The molecule has 124 valence electrons. The van der Waals surface area contributed by atoms with Gasteiger partial charge in [-0.2, -0.15) is 0 Å². The Morgan fingerprint density at radius 1 is 1.21 bits per heavy atom. The van der Waals surface area contributed by atoms with Crippen LogP contribution in [0.15, 0.2) is 23.6 Å². The Kier molecular flexibility index (Phi) is 4.84. The van der Waals surface area contributed by atoms with Gasteiger partial charge in [-0.3, -0.25) is 19.3 Å². The maximum absolute atomic E-state index is 12.0. The molecule has 6 nitrogen and oxygen atoms in total. The van der Waals surface area contributed by atoms with Gasteiger partial charge in [0.15, 0.2) is 5.13 Å². The van der Waals surface area contributed by atoms with Crippen LogP contribution < -0.4 is 5.32 Å². The normalized spacial score (nSPS) is 14.3. The minimum absolute atomic E-state index is 0.158. The lowest BCUT2D eigenvalue weighted by Gasteiger charge is -2.12. The molecule has 1 aromatic carbocycles. The number of carbonyl (C=O) groups is 3. The van der Waals surface area contributed by atoms with Crippen molar-refractivity contribution in [2.24, 2.45) is 0 Å². The van der Waals surface area contributed by atoms with E-state index < -0.39 is 5.91 Å². The number of rotatable bonds is 4. The fourth-order valence-corrected chi connectivity index (χ4v) is 3.25. The Morgan fingerprint density at radius 2 is 1.92 bits per heavy atom. The summed E-state index contributed by atoms with van der Waals surface area (Å²) in [7, 11) is 0. The summed E-state index contributed by atoms with van der Waals surface area (Å²) >= 11 is 13.1. The molecule has 24 heavy (non-hydrogen) atoms. The smallest absolute Gasteiger partial charge is 0.246 e. The first kappa shape index (κ1) is 16.9. The second kappa shape index (κ2) is 6.88. The van der Waals surface area contributed by atoms with Gasteiger partial charge in [0.2, 0.25) is 17.7 Å². The van der Waals surface area contributed by atoms with Gasteiger partial charge in [0, 0.05) is 23.8 Å². The summed E-state index contributed by atoms with van der Waals surface area (Å²) in [6, 6.07) is 5.13. The molecular formula is C15H11Cl2N3O3S. The lowest BCUT2D eigenvalue weighted by Crippen LogP contribution is -2.36. The lowest BCUT2D eigenvalue weighted by atomic mass is 10.2. The van der Waals surface area contributed by atoms with E-state index in [9.17, 15) is 14.4 Å². The van der Waals surface area contributed by atoms with E-state index in [0.717, 1.165) is 10.5 Å². The first-order valence-corrected chi connectivity index (χ1v) is 8.61. The van der Waals surface area contributed by atoms with E-state index in [4.69, 9.17) is 23.2 Å². The van der Waals surface area contributed by atoms with Crippen LogP contribution in [0.3, 0.4) is 0 Å². The lowest BCUT2D eigenvalue weighted by molar-refractivity contribution is -0.141. The van der Waals surface area contributed by atoms with Gasteiger partial charge in [-0.25, -0.2) is 4.98 Å². The third kappa shape index (κ3) is 3.58. The minimum atomic E-state index is -0.464. The fraction of sp³-hybridized carbons (Fsp3) is 0.200. The van der Waals surface area contributed by atoms with Gasteiger partial charge in [-0.05, 0) is 12.1 Å². The van der Waals surface area contributed by atoms with Crippen LogP contribution in [0.4, 0.5) is 5.13 Å². The summed E-state index contributed by atoms with van der Waals surface area (Å²) in [5.41, 5.74) is 1.41. The molecule has 0 unspecified atom stereocenters. The molecule has 1 aromatic heterocycles. The van der Waals surface area contributed by atoms with E-state index in [1.807, 2.05) is 0 Å². The Bertz CT molecular complexity index is 821. The Labute approximate surface area is 151 Å². The number of halogens is 2. The number of amides is 3. The number of nitrogens with zero attached hydrogens (tertiary/aromatic N) is 2. The van der Waals surface area contributed by atoms with Crippen molar-refractivity contribution in [1.82, 2.24) is 9.88 Å². The molecule has 0 radical (unpaired) electrons. The molecule has 0 bridgehead atoms. The first-order chi connectivity index (χ1) is 11.4. The van der Waals surface area contributed by atoms with Gasteiger partial charge in [-0.1, -0.05) is 29.3 Å². The predicted molar refractivity (Wildman–Crippen MR) is 92.2 cm³/mol. The molecule has 9 heteroatoms. The van der Waals surface area contributed by atoms with Crippen LogP contribution in [-0.2, 0) is 14.4 Å². The number of hydrogen-bond donors (Lipinski definition) is 1. The summed E-state index contributed by atoms with van der Waals surface area (Å²) in [5, 5.41) is 5.59. The van der Waals surface area contributed by atoms with E-state index in [1.54, 1.807) is 23.6 Å². The van der Waals surface area contributed by atoms with Gasteiger partial charge < -0.3 is 5.32 Å². The number of anilines is 1. The molecule has 1 aliphatic heterocycles. The molecule has 3 rings (SSSR count). The zero-order chi connectivity index (χ0) is 17.3. The largest absolute Gasteiger partial charge is 0.300 e. The maximum atomic E-state index is 12.0. The summed E-state index contributed by atoms with van der Waals surface area (Å²) in [4.78, 5) is 40.3. The number of nitrogens with one attached hydrogen (secondary N) is 1. The first-order valence-electron chi connectivity index (χ1n) is 6.98. The van der Waals surface area contributed by atoms with E-state index in [0.29, 0.717) is 20.9 Å². The Hall–Kier alpha value is -1.96.